The van der Waals surface area contributed by atoms with E-state index in [0.29, 0.717) is 0 Å². The van der Waals surface area contributed by atoms with Crippen molar-refractivity contribution in [3.8, 4) is 0 Å². The summed E-state index contributed by atoms with van der Waals surface area (Å²) in [7, 11) is 0. The van der Waals surface area contributed by atoms with Crippen LogP contribution in [0.2, 0.25) is 0 Å². The summed E-state index contributed by atoms with van der Waals surface area (Å²) in [5.74, 6) is 0. The first-order chi connectivity index (χ1) is 5.41. The van der Waals surface area contributed by atoms with Gasteiger partial charge in [0.15, 0.2) is 0 Å². The van der Waals surface area contributed by atoms with E-state index in [0.717, 1.165) is 19.6 Å². The molecule has 0 fully saturated rings. The fraction of sp³-hybridized carbons (Fsp3) is 0.900. The maximum Gasteiger partial charge on any atom is 0.0466 e. The van der Waals surface area contributed by atoms with Crippen LogP contribution >= 0.6 is 0 Å². The van der Waals surface area contributed by atoms with Crippen LogP contribution in [0, 0.1) is 6.92 Å². The predicted octanol–water partition coefficient (Wildman–Crippen LogP) is 3.20. The van der Waals surface area contributed by atoms with Gasteiger partial charge in [0.1, 0.15) is 0 Å². The molecule has 0 N–H and O–H groups in total. The normalized spacial score (nSPS) is 10.4. The molecule has 0 heterocycles. The summed E-state index contributed by atoms with van der Waals surface area (Å²) in [6, 6.07) is 0. The second-order valence-corrected chi connectivity index (χ2v) is 2.88. The van der Waals surface area contributed by atoms with Crippen LogP contribution in [-0.2, 0) is 4.74 Å². The molecule has 0 bridgehead atoms. The maximum absolute atomic E-state index is 5.40. The minimum atomic E-state index is 0.944. The average molecular weight is 157 g/mol. The fourth-order valence-electron chi connectivity index (χ4n) is 0.906. The highest BCUT2D eigenvalue weighted by molar-refractivity contribution is 4.43. The van der Waals surface area contributed by atoms with Crippen molar-refractivity contribution in [2.24, 2.45) is 0 Å². The average Bonchev–Trinajstić information content (AvgIpc) is 2.03. The highest BCUT2D eigenvalue weighted by Gasteiger charge is 1.88. The molecule has 0 aliphatic heterocycles. The van der Waals surface area contributed by atoms with Gasteiger partial charge in [-0.1, -0.05) is 39.5 Å². The van der Waals surface area contributed by atoms with Gasteiger partial charge in [0, 0.05) is 13.2 Å². The van der Waals surface area contributed by atoms with Crippen LogP contribution in [0.3, 0.4) is 0 Å². The molecule has 0 aromatic rings. The number of rotatable bonds is 8. The highest BCUT2D eigenvalue weighted by Crippen LogP contribution is 1.99. The lowest BCUT2D eigenvalue weighted by Gasteiger charge is -2.01. The van der Waals surface area contributed by atoms with Gasteiger partial charge in [-0.15, -0.1) is 0 Å². The lowest BCUT2D eigenvalue weighted by molar-refractivity contribution is 0.127. The lowest BCUT2D eigenvalue weighted by Crippen LogP contribution is -1.96. The third-order valence-electron chi connectivity index (χ3n) is 1.68. The van der Waals surface area contributed by atoms with E-state index in [4.69, 9.17) is 4.74 Å². The Morgan fingerprint density at radius 3 is 2.36 bits per heavy atom. The Bertz CT molecular complexity index is 53.9. The van der Waals surface area contributed by atoms with Gasteiger partial charge >= 0.3 is 0 Å². The van der Waals surface area contributed by atoms with Gasteiger partial charge in [0.2, 0.25) is 0 Å². The van der Waals surface area contributed by atoms with E-state index >= 15 is 0 Å². The van der Waals surface area contributed by atoms with Gasteiger partial charge in [0.25, 0.3) is 0 Å². The Balaban J connectivity index is 2.69. The Hall–Kier alpha value is -0.0400. The van der Waals surface area contributed by atoms with Crippen molar-refractivity contribution in [2.45, 2.75) is 45.4 Å². The van der Waals surface area contributed by atoms with Crippen molar-refractivity contribution in [3.05, 3.63) is 6.92 Å². The second kappa shape index (κ2) is 9.96. The van der Waals surface area contributed by atoms with Crippen molar-refractivity contribution < 1.29 is 4.74 Å². The number of hydrogen-bond acceptors (Lipinski definition) is 1. The summed E-state index contributed by atoms with van der Waals surface area (Å²) in [4.78, 5) is 0. The number of unbranched alkanes of at least 4 members (excludes halogenated alkanes) is 4. The summed E-state index contributed by atoms with van der Waals surface area (Å²) >= 11 is 0. The Morgan fingerprint density at radius 1 is 1.00 bits per heavy atom. The van der Waals surface area contributed by atoms with E-state index in [-0.39, 0.29) is 0 Å². The van der Waals surface area contributed by atoms with Crippen LogP contribution in [0.25, 0.3) is 0 Å². The Kier molecular flexibility index (Phi) is 9.92. The van der Waals surface area contributed by atoms with Crippen LogP contribution in [0.1, 0.15) is 45.4 Å². The molecule has 11 heavy (non-hydrogen) atoms. The Morgan fingerprint density at radius 2 is 1.73 bits per heavy atom. The quantitative estimate of drug-likeness (QED) is 0.492. The van der Waals surface area contributed by atoms with E-state index in [1.54, 1.807) is 0 Å². The molecule has 0 aromatic heterocycles. The van der Waals surface area contributed by atoms with Crippen molar-refractivity contribution in [3.63, 3.8) is 0 Å². The summed E-state index contributed by atoms with van der Waals surface area (Å²) in [5.41, 5.74) is 0. The molecule has 1 nitrogen and oxygen atoms in total. The SMILES string of the molecule is [CH2]CCCCCOCCCC. The molecule has 1 heteroatoms. The first-order valence-corrected chi connectivity index (χ1v) is 4.78. The Labute approximate surface area is 71.1 Å². The highest BCUT2D eigenvalue weighted by atomic mass is 16.5. The first kappa shape index (κ1) is 11.0. The van der Waals surface area contributed by atoms with E-state index in [9.17, 15) is 0 Å². The molecular formula is C10H21O. The molecule has 0 saturated heterocycles. The van der Waals surface area contributed by atoms with Crippen molar-refractivity contribution in [1.82, 2.24) is 0 Å². The molecule has 0 unspecified atom stereocenters. The minimum Gasteiger partial charge on any atom is -0.381 e. The van der Waals surface area contributed by atoms with Crippen LogP contribution in [0.5, 0.6) is 0 Å². The first-order valence-electron chi connectivity index (χ1n) is 4.78. The molecule has 0 spiro atoms. The molecule has 0 aliphatic rings. The summed E-state index contributed by atoms with van der Waals surface area (Å²) < 4.78 is 5.40. The van der Waals surface area contributed by atoms with Crippen molar-refractivity contribution in [2.75, 3.05) is 13.2 Å². The summed E-state index contributed by atoms with van der Waals surface area (Å²) in [5, 5.41) is 0. The molecule has 0 saturated carbocycles. The molecule has 0 aromatic carbocycles. The summed E-state index contributed by atoms with van der Waals surface area (Å²) in [6.45, 7) is 7.87. The van der Waals surface area contributed by atoms with Gasteiger partial charge < -0.3 is 4.74 Å². The minimum absolute atomic E-state index is 0.944. The zero-order valence-electron chi connectivity index (χ0n) is 7.77. The molecule has 0 aliphatic carbocycles. The second-order valence-electron chi connectivity index (χ2n) is 2.88. The zero-order chi connectivity index (χ0) is 8.36. The zero-order valence-corrected chi connectivity index (χ0v) is 7.77. The van der Waals surface area contributed by atoms with Crippen LogP contribution in [0.4, 0.5) is 0 Å². The summed E-state index contributed by atoms with van der Waals surface area (Å²) in [6.07, 6.45) is 7.23. The van der Waals surface area contributed by atoms with Crippen molar-refractivity contribution >= 4 is 0 Å². The van der Waals surface area contributed by atoms with E-state index in [1.807, 2.05) is 0 Å². The lowest BCUT2D eigenvalue weighted by atomic mass is 10.2. The van der Waals surface area contributed by atoms with Crippen LogP contribution in [0.15, 0.2) is 0 Å². The van der Waals surface area contributed by atoms with Gasteiger partial charge in [-0.3, -0.25) is 0 Å². The fourth-order valence-corrected chi connectivity index (χ4v) is 0.906. The maximum atomic E-state index is 5.40. The molecular weight excluding hydrogens is 136 g/mol. The number of ether oxygens (including phenoxy) is 1. The predicted molar refractivity (Wildman–Crippen MR) is 49.6 cm³/mol. The van der Waals surface area contributed by atoms with Gasteiger partial charge in [-0.05, 0) is 12.8 Å². The molecule has 0 atom stereocenters. The molecule has 67 valence electrons. The standard InChI is InChI=1S/C10H21O/c1-3-5-7-8-10-11-9-6-4-2/h1,3-10H2,2H3. The molecule has 0 rings (SSSR count). The van der Waals surface area contributed by atoms with Crippen molar-refractivity contribution in [1.29, 1.82) is 0 Å². The van der Waals surface area contributed by atoms with Gasteiger partial charge in [0.05, 0.1) is 0 Å². The largest absolute Gasteiger partial charge is 0.381 e. The smallest absolute Gasteiger partial charge is 0.0466 e. The van der Waals surface area contributed by atoms with E-state index in [2.05, 4.69) is 13.8 Å². The third-order valence-corrected chi connectivity index (χ3v) is 1.68. The topological polar surface area (TPSA) is 9.23 Å². The van der Waals surface area contributed by atoms with E-state index in [1.165, 1.54) is 32.1 Å². The van der Waals surface area contributed by atoms with Gasteiger partial charge in [-0.25, -0.2) is 0 Å². The third kappa shape index (κ3) is 9.96. The molecule has 0 amide bonds. The van der Waals surface area contributed by atoms with E-state index < -0.39 is 0 Å². The van der Waals surface area contributed by atoms with Crippen LogP contribution < -0.4 is 0 Å². The monoisotopic (exact) mass is 157 g/mol. The van der Waals surface area contributed by atoms with Crippen LogP contribution in [-0.4, -0.2) is 13.2 Å². The number of hydrogen-bond donors (Lipinski definition) is 0. The van der Waals surface area contributed by atoms with Gasteiger partial charge in [-0.2, -0.15) is 0 Å². The molecule has 1 radical (unpaired) electrons.